The van der Waals surface area contributed by atoms with Crippen molar-refractivity contribution in [2.24, 2.45) is 0 Å². The Balaban J connectivity index is 1.93. The van der Waals surface area contributed by atoms with Crippen LogP contribution in [-0.4, -0.2) is 18.9 Å². The summed E-state index contributed by atoms with van der Waals surface area (Å²) in [7, 11) is 0. The zero-order valence-electron chi connectivity index (χ0n) is 9.75. The lowest BCUT2D eigenvalue weighted by molar-refractivity contribution is -0.174. The molecule has 4 nitrogen and oxygen atoms in total. The summed E-state index contributed by atoms with van der Waals surface area (Å²) >= 11 is 5.97. The molecule has 1 aromatic carbocycles. The molecule has 0 bridgehead atoms. The van der Waals surface area contributed by atoms with Crippen LogP contribution in [0.3, 0.4) is 0 Å². The maximum absolute atomic E-state index is 12.3. The van der Waals surface area contributed by atoms with Crippen molar-refractivity contribution in [2.75, 3.05) is 6.79 Å². The molecule has 20 heavy (non-hydrogen) atoms. The van der Waals surface area contributed by atoms with Crippen molar-refractivity contribution in [1.82, 2.24) is 5.32 Å². The second-order valence-electron chi connectivity index (χ2n) is 4.26. The normalized spacial score (nSPS) is 19.6. The summed E-state index contributed by atoms with van der Waals surface area (Å²) < 4.78 is 47.2. The highest BCUT2D eigenvalue weighted by molar-refractivity contribution is 6.49. The largest absolute Gasteiger partial charge is 0.471 e. The number of carbonyl (C=O) groups is 1. The van der Waals surface area contributed by atoms with Crippen molar-refractivity contribution < 1.29 is 27.4 Å². The van der Waals surface area contributed by atoms with E-state index in [4.69, 9.17) is 21.1 Å². The van der Waals surface area contributed by atoms with Crippen molar-refractivity contribution in [3.8, 4) is 11.5 Å². The van der Waals surface area contributed by atoms with Gasteiger partial charge in [0.05, 0.1) is 6.04 Å². The highest BCUT2D eigenvalue weighted by Gasteiger charge is 2.41. The molecule has 1 aliphatic carbocycles. The van der Waals surface area contributed by atoms with Gasteiger partial charge in [-0.25, -0.2) is 0 Å². The predicted octanol–water partition coefficient (Wildman–Crippen LogP) is 2.73. The van der Waals surface area contributed by atoms with E-state index in [1.54, 1.807) is 6.07 Å². The van der Waals surface area contributed by atoms with Gasteiger partial charge in [-0.3, -0.25) is 4.79 Å². The molecule has 0 unspecified atom stereocenters. The van der Waals surface area contributed by atoms with Gasteiger partial charge in [0.1, 0.15) is 0 Å². The van der Waals surface area contributed by atoms with Crippen molar-refractivity contribution in [3.63, 3.8) is 0 Å². The van der Waals surface area contributed by atoms with Crippen LogP contribution in [0.25, 0.3) is 5.03 Å². The molecule has 0 saturated carbocycles. The Morgan fingerprint density at radius 3 is 2.60 bits per heavy atom. The van der Waals surface area contributed by atoms with Gasteiger partial charge < -0.3 is 14.8 Å². The van der Waals surface area contributed by atoms with Gasteiger partial charge in [-0.05, 0) is 23.8 Å². The number of alkyl halides is 3. The minimum Gasteiger partial charge on any atom is -0.454 e. The van der Waals surface area contributed by atoms with E-state index in [2.05, 4.69) is 0 Å². The number of amides is 1. The summed E-state index contributed by atoms with van der Waals surface area (Å²) in [4.78, 5) is 11.0. The van der Waals surface area contributed by atoms with Crippen LogP contribution in [0.5, 0.6) is 11.5 Å². The maximum Gasteiger partial charge on any atom is 0.471 e. The summed E-state index contributed by atoms with van der Waals surface area (Å²) in [5.74, 6) is -1.14. The Morgan fingerprint density at radius 2 is 1.95 bits per heavy atom. The molecule has 1 aromatic rings. The summed E-state index contributed by atoms with van der Waals surface area (Å²) in [5, 5.41) is 2.13. The van der Waals surface area contributed by atoms with Crippen molar-refractivity contribution in [1.29, 1.82) is 0 Å². The van der Waals surface area contributed by atoms with E-state index >= 15 is 0 Å². The van der Waals surface area contributed by atoms with Gasteiger partial charge in [-0.1, -0.05) is 11.6 Å². The molecule has 0 fully saturated rings. The molecule has 0 spiro atoms. The van der Waals surface area contributed by atoms with Crippen LogP contribution in [-0.2, 0) is 4.79 Å². The van der Waals surface area contributed by atoms with Crippen LogP contribution in [0, 0.1) is 0 Å². The fraction of sp³-hybridized carbons (Fsp3) is 0.250. The second-order valence-corrected chi connectivity index (χ2v) is 4.66. The quantitative estimate of drug-likeness (QED) is 0.868. The smallest absolute Gasteiger partial charge is 0.454 e. The molecule has 106 valence electrons. The van der Waals surface area contributed by atoms with E-state index in [1.807, 2.05) is 5.32 Å². The summed E-state index contributed by atoms with van der Waals surface area (Å²) in [6, 6.07) is 2.15. The lowest BCUT2D eigenvalue weighted by Crippen LogP contribution is -2.38. The maximum atomic E-state index is 12.3. The first kappa shape index (κ1) is 13.1. The number of halogens is 4. The first-order valence-electron chi connectivity index (χ1n) is 5.55. The topological polar surface area (TPSA) is 47.6 Å². The molecular formula is C12H7ClF3NO3. The summed E-state index contributed by atoms with van der Waals surface area (Å²) in [6.45, 7) is 0.0408. The highest BCUT2D eigenvalue weighted by Crippen LogP contribution is 2.44. The zero-order chi connectivity index (χ0) is 14.5. The molecule has 2 aliphatic rings. The van der Waals surface area contributed by atoms with E-state index in [0.29, 0.717) is 22.6 Å². The van der Waals surface area contributed by atoms with Gasteiger partial charge in [0.15, 0.2) is 11.5 Å². The second kappa shape index (κ2) is 4.31. The number of benzene rings is 1. The standard InChI is InChI=1S/C12H7ClF3NO3/c13-7-3-8(17-11(18)12(14,15)16)6-2-10-9(1-5(6)7)19-4-20-10/h1-3,8H,4H2,(H,17,18)/t8-/m1/s1. The van der Waals surface area contributed by atoms with Crippen LogP contribution in [0.1, 0.15) is 17.2 Å². The Morgan fingerprint density at radius 1 is 1.30 bits per heavy atom. The van der Waals surface area contributed by atoms with Crippen molar-refractivity contribution >= 4 is 22.5 Å². The van der Waals surface area contributed by atoms with Crippen LogP contribution >= 0.6 is 11.6 Å². The van der Waals surface area contributed by atoms with Gasteiger partial charge in [0.2, 0.25) is 6.79 Å². The Labute approximate surface area is 116 Å². The monoisotopic (exact) mass is 305 g/mol. The van der Waals surface area contributed by atoms with Crippen molar-refractivity contribution in [2.45, 2.75) is 12.2 Å². The van der Waals surface area contributed by atoms with Crippen LogP contribution in [0.2, 0.25) is 0 Å². The van der Waals surface area contributed by atoms with Crippen LogP contribution in [0.4, 0.5) is 13.2 Å². The molecule has 0 aromatic heterocycles. The molecule has 0 saturated heterocycles. The average Bonchev–Trinajstić information content (AvgIpc) is 2.92. The average molecular weight is 306 g/mol. The van der Waals surface area contributed by atoms with Crippen LogP contribution in [0.15, 0.2) is 18.2 Å². The van der Waals surface area contributed by atoms with E-state index in [1.165, 1.54) is 12.1 Å². The van der Waals surface area contributed by atoms with Gasteiger partial charge in [-0.2, -0.15) is 13.2 Å². The predicted molar refractivity (Wildman–Crippen MR) is 63.3 cm³/mol. The van der Waals surface area contributed by atoms with Crippen molar-refractivity contribution in [3.05, 3.63) is 29.3 Å². The Hall–Kier alpha value is -1.89. The van der Waals surface area contributed by atoms with Gasteiger partial charge in [0, 0.05) is 10.6 Å². The molecule has 8 heteroatoms. The minimum absolute atomic E-state index is 0.0408. The van der Waals surface area contributed by atoms with E-state index in [0.717, 1.165) is 0 Å². The molecule has 1 aliphatic heterocycles. The number of hydrogen-bond acceptors (Lipinski definition) is 3. The third-order valence-corrected chi connectivity index (χ3v) is 3.32. The number of rotatable bonds is 1. The molecule has 1 amide bonds. The molecule has 3 rings (SSSR count). The third kappa shape index (κ3) is 2.07. The molecule has 0 radical (unpaired) electrons. The summed E-state index contributed by atoms with van der Waals surface area (Å²) in [5.41, 5.74) is 0.959. The molecule has 1 N–H and O–H groups in total. The number of nitrogens with one attached hydrogen (secondary N) is 1. The first-order chi connectivity index (χ1) is 9.36. The van der Waals surface area contributed by atoms with E-state index in [9.17, 15) is 18.0 Å². The molecule has 1 heterocycles. The minimum atomic E-state index is -4.95. The zero-order valence-corrected chi connectivity index (χ0v) is 10.5. The van der Waals surface area contributed by atoms with Gasteiger partial charge in [0.25, 0.3) is 0 Å². The van der Waals surface area contributed by atoms with Gasteiger partial charge in [-0.15, -0.1) is 0 Å². The SMILES string of the molecule is O=C(N[C@@H]1C=C(Cl)c2cc3c(cc21)OCO3)C(F)(F)F. The van der Waals surface area contributed by atoms with E-state index < -0.39 is 18.1 Å². The van der Waals surface area contributed by atoms with Gasteiger partial charge >= 0.3 is 12.1 Å². The lowest BCUT2D eigenvalue weighted by atomic mass is 10.1. The highest BCUT2D eigenvalue weighted by atomic mass is 35.5. The number of carbonyl (C=O) groups excluding carboxylic acids is 1. The Kier molecular flexibility index (Phi) is 2.82. The summed E-state index contributed by atoms with van der Waals surface area (Å²) in [6.07, 6.45) is -3.61. The lowest BCUT2D eigenvalue weighted by Gasteiger charge is -2.15. The fourth-order valence-electron chi connectivity index (χ4n) is 2.09. The number of hydrogen-bond donors (Lipinski definition) is 1. The number of ether oxygens (including phenoxy) is 2. The third-order valence-electron chi connectivity index (χ3n) is 2.99. The fourth-order valence-corrected chi connectivity index (χ4v) is 2.38. The first-order valence-corrected chi connectivity index (χ1v) is 5.93. The van der Waals surface area contributed by atoms with Crippen LogP contribution < -0.4 is 14.8 Å². The Bertz CT molecular complexity index is 627. The molecule has 1 atom stereocenters. The van der Waals surface area contributed by atoms with E-state index in [-0.39, 0.29) is 11.8 Å². The number of fused-ring (bicyclic) bond motifs is 2. The molecular weight excluding hydrogens is 299 g/mol.